The summed E-state index contributed by atoms with van der Waals surface area (Å²) in [5.74, 6) is 0. The molecule has 0 amide bonds. The molecule has 1 aromatic heterocycles. The molecule has 14 heavy (non-hydrogen) atoms. The van der Waals surface area contributed by atoms with E-state index in [-0.39, 0.29) is 0 Å². The minimum atomic E-state index is 0.345. The normalized spacial score (nSPS) is 23.9. The molecule has 2 heterocycles. The van der Waals surface area contributed by atoms with E-state index in [9.17, 15) is 0 Å². The Balaban J connectivity index is 1.74. The maximum Gasteiger partial charge on any atom is 0.0950 e. The van der Waals surface area contributed by atoms with Crippen LogP contribution in [-0.4, -0.2) is 19.3 Å². The largest absolute Gasteiger partial charge is 0.472 e. The lowest BCUT2D eigenvalue weighted by molar-refractivity contribution is 0.108. The van der Waals surface area contributed by atoms with E-state index in [1.54, 1.807) is 12.5 Å². The molecule has 2 rings (SSSR count). The molecule has 0 radical (unpaired) electrons. The van der Waals surface area contributed by atoms with Crippen LogP contribution in [0.4, 0.5) is 0 Å². The lowest BCUT2D eigenvalue weighted by atomic mass is 10.1. The van der Waals surface area contributed by atoms with Crippen LogP contribution in [-0.2, 0) is 4.74 Å². The molecule has 2 unspecified atom stereocenters. The lowest BCUT2D eigenvalue weighted by Gasteiger charge is -2.15. The molecule has 78 valence electrons. The van der Waals surface area contributed by atoms with Crippen LogP contribution in [0.2, 0.25) is 0 Å². The van der Waals surface area contributed by atoms with Crippen molar-refractivity contribution in [3.05, 3.63) is 24.2 Å². The first kappa shape index (κ1) is 9.74. The second-order valence-electron chi connectivity index (χ2n) is 3.82. The van der Waals surface area contributed by atoms with Gasteiger partial charge < -0.3 is 14.5 Å². The van der Waals surface area contributed by atoms with Crippen molar-refractivity contribution in [1.29, 1.82) is 0 Å². The van der Waals surface area contributed by atoms with Gasteiger partial charge >= 0.3 is 0 Å². The molecule has 3 nitrogen and oxygen atoms in total. The van der Waals surface area contributed by atoms with Gasteiger partial charge in [-0.05, 0) is 25.8 Å². The Hall–Kier alpha value is -0.800. The van der Waals surface area contributed by atoms with E-state index in [4.69, 9.17) is 9.15 Å². The first-order chi connectivity index (χ1) is 6.86. The van der Waals surface area contributed by atoms with Crippen molar-refractivity contribution < 1.29 is 9.15 Å². The standard InChI is InChI=1S/C11H17NO2/c1-9(10-4-6-13-8-10)12-7-11-3-2-5-14-11/h4,6,8-9,11-12H,2-3,5,7H2,1H3. The summed E-state index contributed by atoms with van der Waals surface area (Å²) in [6, 6.07) is 2.34. The number of rotatable bonds is 4. The van der Waals surface area contributed by atoms with Crippen molar-refractivity contribution in [3.8, 4) is 0 Å². The molecule has 1 saturated heterocycles. The number of furan rings is 1. The Labute approximate surface area is 84.4 Å². The third-order valence-electron chi connectivity index (χ3n) is 2.72. The van der Waals surface area contributed by atoms with E-state index in [1.165, 1.54) is 18.4 Å². The first-order valence-electron chi connectivity index (χ1n) is 5.23. The van der Waals surface area contributed by atoms with E-state index < -0.39 is 0 Å². The Morgan fingerprint density at radius 3 is 3.21 bits per heavy atom. The molecule has 1 aliphatic heterocycles. The average Bonchev–Trinajstić information content (AvgIpc) is 2.87. The van der Waals surface area contributed by atoms with Gasteiger partial charge in [-0.25, -0.2) is 0 Å². The van der Waals surface area contributed by atoms with Gasteiger partial charge in [0.05, 0.1) is 18.6 Å². The summed E-state index contributed by atoms with van der Waals surface area (Å²) in [6.45, 7) is 4.00. The van der Waals surface area contributed by atoms with Gasteiger partial charge in [0.15, 0.2) is 0 Å². The van der Waals surface area contributed by atoms with Crippen molar-refractivity contribution >= 4 is 0 Å². The maximum atomic E-state index is 5.53. The first-order valence-corrected chi connectivity index (χ1v) is 5.23. The highest BCUT2D eigenvalue weighted by Gasteiger charge is 2.16. The van der Waals surface area contributed by atoms with Crippen LogP contribution < -0.4 is 5.32 Å². The van der Waals surface area contributed by atoms with Gasteiger partial charge in [-0.1, -0.05) is 0 Å². The molecule has 0 saturated carbocycles. The van der Waals surface area contributed by atoms with Gasteiger partial charge in [-0.2, -0.15) is 0 Å². The number of hydrogen-bond acceptors (Lipinski definition) is 3. The summed E-state index contributed by atoms with van der Waals surface area (Å²) >= 11 is 0. The van der Waals surface area contributed by atoms with Gasteiger partial charge in [-0.15, -0.1) is 0 Å². The molecule has 0 aliphatic carbocycles. The van der Waals surface area contributed by atoms with E-state index in [0.717, 1.165) is 13.2 Å². The number of hydrogen-bond donors (Lipinski definition) is 1. The third-order valence-corrected chi connectivity index (χ3v) is 2.72. The highest BCUT2D eigenvalue weighted by atomic mass is 16.5. The van der Waals surface area contributed by atoms with Gasteiger partial charge in [0.2, 0.25) is 0 Å². The molecular weight excluding hydrogens is 178 g/mol. The summed E-state index contributed by atoms with van der Waals surface area (Å²) in [6.07, 6.45) is 6.29. The van der Waals surface area contributed by atoms with Crippen LogP contribution in [0.15, 0.2) is 23.0 Å². The second-order valence-corrected chi connectivity index (χ2v) is 3.82. The summed E-state index contributed by atoms with van der Waals surface area (Å²) in [4.78, 5) is 0. The van der Waals surface area contributed by atoms with Crippen LogP contribution in [0.1, 0.15) is 31.4 Å². The minimum absolute atomic E-state index is 0.345. The zero-order valence-electron chi connectivity index (χ0n) is 8.53. The highest BCUT2D eigenvalue weighted by molar-refractivity contribution is 5.10. The summed E-state index contributed by atoms with van der Waals surface area (Å²) < 4.78 is 10.6. The van der Waals surface area contributed by atoms with Crippen LogP contribution in [0.5, 0.6) is 0 Å². The second kappa shape index (κ2) is 4.62. The third kappa shape index (κ3) is 2.36. The summed E-state index contributed by atoms with van der Waals surface area (Å²) in [5.41, 5.74) is 1.20. The maximum absolute atomic E-state index is 5.53. The fourth-order valence-electron chi connectivity index (χ4n) is 1.75. The van der Waals surface area contributed by atoms with Crippen molar-refractivity contribution in [2.45, 2.75) is 31.9 Å². The summed E-state index contributed by atoms with van der Waals surface area (Å²) in [5, 5.41) is 3.44. The molecule has 0 spiro atoms. The van der Waals surface area contributed by atoms with E-state index in [1.807, 2.05) is 6.07 Å². The van der Waals surface area contributed by atoms with Crippen LogP contribution in [0.25, 0.3) is 0 Å². The molecule has 0 aromatic carbocycles. The topological polar surface area (TPSA) is 34.4 Å². The Morgan fingerprint density at radius 1 is 1.64 bits per heavy atom. The van der Waals surface area contributed by atoms with E-state index >= 15 is 0 Å². The molecular formula is C11H17NO2. The van der Waals surface area contributed by atoms with Crippen LogP contribution >= 0.6 is 0 Å². The van der Waals surface area contributed by atoms with E-state index in [2.05, 4.69) is 12.2 Å². The SMILES string of the molecule is CC(NCC1CCCO1)c1ccoc1. The molecule has 1 aromatic rings. The molecule has 0 bridgehead atoms. The molecule has 3 heteroatoms. The van der Waals surface area contributed by atoms with Crippen molar-refractivity contribution in [2.24, 2.45) is 0 Å². The molecule has 1 N–H and O–H groups in total. The molecule has 1 fully saturated rings. The minimum Gasteiger partial charge on any atom is -0.472 e. The average molecular weight is 195 g/mol. The van der Waals surface area contributed by atoms with Gasteiger partial charge in [-0.3, -0.25) is 0 Å². The van der Waals surface area contributed by atoms with Crippen LogP contribution in [0, 0.1) is 0 Å². The van der Waals surface area contributed by atoms with Gasteiger partial charge in [0.1, 0.15) is 0 Å². The molecule has 2 atom stereocenters. The van der Waals surface area contributed by atoms with E-state index in [0.29, 0.717) is 12.1 Å². The highest BCUT2D eigenvalue weighted by Crippen LogP contribution is 2.15. The summed E-state index contributed by atoms with van der Waals surface area (Å²) in [7, 11) is 0. The van der Waals surface area contributed by atoms with Gasteiger partial charge in [0, 0.05) is 24.8 Å². The van der Waals surface area contributed by atoms with Crippen molar-refractivity contribution in [2.75, 3.05) is 13.2 Å². The lowest BCUT2D eigenvalue weighted by Crippen LogP contribution is -2.28. The van der Waals surface area contributed by atoms with Crippen LogP contribution in [0.3, 0.4) is 0 Å². The number of nitrogens with one attached hydrogen (secondary N) is 1. The smallest absolute Gasteiger partial charge is 0.0950 e. The van der Waals surface area contributed by atoms with Crippen molar-refractivity contribution in [3.63, 3.8) is 0 Å². The number of ether oxygens (including phenoxy) is 1. The Morgan fingerprint density at radius 2 is 2.57 bits per heavy atom. The predicted molar refractivity (Wildman–Crippen MR) is 54.1 cm³/mol. The fourth-order valence-corrected chi connectivity index (χ4v) is 1.75. The Kier molecular flexibility index (Phi) is 3.22. The Bertz CT molecular complexity index is 252. The zero-order chi connectivity index (χ0) is 9.80. The molecule has 1 aliphatic rings. The quantitative estimate of drug-likeness (QED) is 0.799. The van der Waals surface area contributed by atoms with Gasteiger partial charge in [0.25, 0.3) is 0 Å². The monoisotopic (exact) mass is 195 g/mol. The zero-order valence-corrected chi connectivity index (χ0v) is 8.53. The van der Waals surface area contributed by atoms with Crippen molar-refractivity contribution in [1.82, 2.24) is 5.32 Å². The fraction of sp³-hybridized carbons (Fsp3) is 0.636. The predicted octanol–water partition coefficient (Wildman–Crippen LogP) is 2.11.